The van der Waals surface area contributed by atoms with Crippen LogP contribution in [0.3, 0.4) is 0 Å². The number of hydrogen-bond acceptors (Lipinski definition) is 5. The van der Waals surface area contributed by atoms with Crippen LogP contribution in [0.25, 0.3) is 0 Å². The van der Waals surface area contributed by atoms with Crippen LogP contribution in [0.4, 0.5) is 4.39 Å². The van der Waals surface area contributed by atoms with Crippen LogP contribution in [0, 0.1) is 5.82 Å². The van der Waals surface area contributed by atoms with Crippen molar-refractivity contribution in [2.75, 3.05) is 0 Å². The van der Waals surface area contributed by atoms with Gasteiger partial charge in [0.2, 0.25) is 11.7 Å². The monoisotopic (exact) mass is 355 g/mol. The van der Waals surface area contributed by atoms with Crippen molar-refractivity contribution in [3.63, 3.8) is 0 Å². The summed E-state index contributed by atoms with van der Waals surface area (Å²) in [6.07, 6.45) is 6.69. The summed E-state index contributed by atoms with van der Waals surface area (Å²) in [6, 6.07) is 6.31. The molecule has 2 atom stereocenters. The first-order valence-corrected chi connectivity index (χ1v) is 8.19. The molecule has 1 heterocycles. The molecule has 132 valence electrons. The zero-order valence-electron chi connectivity index (χ0n) is 13.5. The van der Waals surface area contributed by atoms with Gasteiger partial charge in [-0.25, -0.2) is 4.39 Å². The molecule has 1 aliphatic carbocycles. The highest BCUT2D eigenvalue weighted by atomic mass is 35.5. The molecule has 2 unspecified atom stereocenters. The van der Waals surface area contributed by atoms with E-state index in [2.05, 4.69) is 10.1 Å². The number of nitrogens with two attached hydrogens (primary N) is 1. The van der Waals surface area contributed by atoms with E-state index in [4.69, 9.17) is 15.0 Å². The molecule has 1 aromatic carbocycles. The van der Waals surface area contributed by atoms with Gasteiger partial charge in [0.25, 0.3) is 0 Å². The molecule has 2 N–H and O–H groups in total. The summed E-state index contributed by atoms with van der Waals surface area (Å²) in [5.41, 5.74) is 6.27. The molecule has 2 aromatic rings. The third-order valence-electron chi connectivity index (χ3n) is 4.31. The molecule has 1 fully saturated rings. The molecule has 24 heavy (non-hydrogen) atoms. The zero-order valence-corrected chi connectivity index (χ0v) is 14.3. The first kappa shape index (κ1) is 18.7. The fraction of sp³-hybridized carbons (Fsp3) is 0.529. The van der Waals surface area contributed by atoms with Crippen molar-refractivity contribution in [3.05, 3.63) is 41.8 Å². The summed E-state index contributed by atoms with van der Waals surface area (Å²) in [5, 5.41) is 3.94. The summed E-state index contributed by atoms with van der Waals surface area (Å²) >= 11 is 0. The van der Waals surface area contributed by atoms with Crippen LogP contribution in [0.2, 0.25) is 0 Å². The number of ether oxygens (including phenoxy) is 1. The third-order valence-corrected chi connectivity index (χ3v) is 4.31. The van der Waals surface area contributed by atoms with Crippen LogP contribution in [-0.2, 0) is 6.61 Å². The molecular formula is C17H23ClFN3O2. The molecule has 1 aromatic heterocycles. The average molecular weight is 356 g/mol. The van der Waals surface area contributed by atoms with Gasteiger partial charge in [-0.15, -0.1) is 12.4 Å². The van der Waals surface area contributed by atoms with Crippen molar-refractivity contribution in [2.24, 2.45) is 5.73 Å². The van der Waals surface area contributed by atoms with Crippen LogP contribution >= 0.6 is 12.4 Å². The van der Waals surface area contributed by atoms with E-state index in [0.717, 1.165) is 25.7 Å². The third kappa shape index (κ3) is 4.68. The van der Waals surface area contributed by atoms with E-state index in [1.54, 1.807) is 18.2 Å². The molecule has 0 saturated heterocycles. The second-order valence-corrected chi connectivity index (χ2v) is 6.03. The van der Waals surface area contributed by atoms with Crippen molar-refractivity contribution < 1.29 is 13.7 Å². The fourth-order valence-corrected chi connectivity index (χ4v) is 3.00. The van der Waals surface area contributed by atoms with Gasteiger partial charge in [-0.1, -0.05) is 43.0 Å². The van der Waals surface area contributed by atoms with E-state index in [9.17, 15) is 4.39 Å². The number of aromatic nitrogens is 2. The molecule has 3 rings (SSSR count). The molecule has 0 aliphatic heterocycles. The first-order chi connectivity index (χ1) is 11.2. The zero-order chi connectivity index (χ0) is 16.1. The molecule has 0 radical (unpaired) electrons. The predicted octanol–water partition coefficient (Wildman–Crippen LogP) is 3.97. The second-order valence-electron chi connectivity index (χ2n) is 6.03. The van der Waals surface area contributed by atoms with Crippen LogP contribution < -0.4 is 10.5 Å². The van der Waals surface area contributed by atoms with Gasteiger partial charge in [-0.05, 0) is 25.0 Å². The topological polar surface area (TPSA) is 74.2 Å². The summed E-state index contributed by atoms with van der Waals surface area (Å²) < 4.78 is 24.3. The molecule has 0 amide bonds. The number of hydrogen-bond donors (Lipinski definition) is 1. The van der Waals surface area contributed by atoms with Crippen LogP contribution in [0.1, 0.15) is 56.2 Å². The Bertz CT molecular complexity index is 638. The maximum absolute atomic E-state index is 13.5. The lowest BCUT2D eigenvalue weighted by Gasteiger charge is -2.22. The Kier molecular flexibility index (Phi) is 6.99. The number of rotatable bonds is 4. The minimum atomic E-state index is -0.404. The van der Waals surface area contributed by atoms with Crippen molar-refractivity contribution in [3.8, 4) is 5.75 Å². The van der Waals surface area contributed by atoms with Gasteiger partial charge in [-0.2, -0.15) is 4.98 Å². The SMILES string of the molecule is Cl.NC1CCCCCCC1c1nc(COc2ccccc2F)no1. The summed E-state index contributed by atoms with van der Waals surface area (Å²) in [6.45, 7) is 0.0758. The summed E-state index contributed by atoms with van der Waals surface area (Å²) in [7, 11) is 0. The second kappa shape index (κ2) is 8.99. The molecular weight excluding hydrogens is 333 g/mol. The Morgan fingerprint density at radius 1 is 1.17 bits per heavy atom. The first-order valence-electron chi connectivity index (χ1n) is 8.19. The maximum Gasteiger partial charge on any atom is 0.231 e. The molecule has 0 spiro atoms. The Labute approximate surface area is 147 Å². The van der Waals surface area contributed by atoms with Gasteiger partial charge >= 0.3 is 0 Å². The number of nitrogens with zero attached hydrogens (tertiary/aromatic N) is 2. The number of halogens is 2. The Hall–Kier alpha value is -1.66. The van der Waals surface area contributed by atoms with Crippen molar-refractivity contribution >= 4 is 12.4 Å². The van der Waals surface area contributed by atoms with E-state index in [0.29, 0.717) is 11.7 Å². The Morgan fingerprint density at radius 2 is 1.92 bits per heavy atom. The van der Waals surface area contributed by atoms with E-state index < -0.39 is 5.82 Å². The quantitative estimate of drug-likeness (QED) is 0.898. The van der Waals surface area contributed by atoms with Crippen molar-refractivity contribution in [1.82, 2.24) is 10.1 Å². The van der Waals surface area contributed by atoms with Gasteiger partial charge < -0.3 is 15.0 Å². The number of benzene rings is 1. The highest BCUT2D eigenvalue weighted by Crippen LogP contribution is 2.29. The van der Waals surface area contributed by atoms with E-state index in [1.165, 1.54) is 18.9 Å². The van der Waals surface area contributed by atoms with E-state index in [-0.39, 0.29) is 36.7 Å². The fourth-order valence-electron chi connectivity index (χ4n) is 3.00. The minimum absolute atomic E-state index is 0. The van der Waals surface area contributed by atoms with Crippen LogP contribution in [0.15, 0.2) is 28.8 Å². The van der Waals surface area contributed by atoms with Gasteiger partial charge in [0.15, 0.2) is 18.2 Å². The number of para-hydroxylation sites is 1. The average Bonchev–Trinajstić information content (AvgIpc) is 2.99. The maximum atomic E-state index is 13.5. The van der Waals surface area contributed by atoms with E-state index in [1.807, 2.05) is 0 Å². The van der Waals surface area contributed by atoms with E-state index >= 15 is 0 Å². The lowest BCUT2D eigenvalue weighted by Crippen LogP contribution is -2.29. The highest BCUT2D eigenvalue weighted by molar-refractivity contribution is 5.85. The van der Waals surface area contributed by atoms with Crippen molar-refractivity contribution in [2.45, 2.75) is 57.1 Å². The smallest absolute Gasteiger partial charge is 0.231 e. The van der Waals surface area contributed by atoms with Crippen LogP contribution in [0.5, 0.6) is 5.75 Å². The van der Waals surface area contributed by atoms with Gasteiger partial charge in [0.05, 0.1) is 5.92 Å². The molecule has 0 bridgehead atoms. The van der Waals surface area contributed by atoms with Crippen molar-refractivity contribution in [1.29, 1.82) is 0 Å². The lowest BCUT2D eigenvalue weighted by atomic mass is 9.87. The summed E-state index contributed by atoms with van der Waals surface area (Å²) in [4.78, 5) is 4.40. The van der Waals surface area contributed by atoms with Gasteiger partial charge in [0.1, 0.15) is 0 Å². The molecule has 1 aliphatic rings. The highest BCUT2D eigenvalue weighted by Gasteiger charge is 2.26. The molecule has 7 heteroatoms. The lowest BCUT2D eigenvalue weighted by molar-refractivity contribution is 0.268. The van der Waals surface area contributed by atoms with Crippen LogP contribution in [-0.4, -0.2) is 16.2 Å². The largest absolute Gasteiger partial charge is 0.482 e. The summed E-state index contributed by atoms with van der Waals surface area (Å²) in [5.74, 6) is 0.869. The Balaban J connectivity index is 0.00000208. The standard InChI is InChI=1S/C17H22FN3O2.ClH/c18-13-8-5-6-10-15(13)22-11-16-20-17(23-21-16)12-7-3-1-2-4-9-14(12)19;/h5-6,8,10,12,14H,1-4,7,9,11,19H2;1H. The molecule has 5 nitrogen and oxygen atoms in total. The van der Waals surface area contributed by atoms with Gasteiger partial charge in [-0.3, -0.25) is 0 Å². The predicted molar refractivity (Wildman–Crippen MR) is 90.7 cm³/mol. The van der Waals surface area contributed by atoms with Gasteiger partial charge in [0, 0.05) is 6.04 Å². The molecule has 1 saturated carbocycles. The normalized spacial score (nSPS) is 21.4. The Morgan fingerprint density at radius 3 is 2.71 bits per heavy atom. The minimum Gasteiger partial charge on any atom is -0.482 e.